The molecule has 0 saturated carbocycles. The van der Waals surface area contributed by atoms with Gasteiger partial charge in [0, 0.05) is 50.5 Å². The fourth-order valence-corrected chi connectivity index (χ4v) is 4.51. The first kappa shape index (κ1) is 19.9. The van der Waals surface area contributed by atoms with Crippen molar-refractivity contribution in [3.05, 3.63) is 59.4 Å². The third-order valence-electron chi connectivity index (χ3n) is 6.21. The minimum Gasteiger partial charge on any atom is -0.369 e. The van der Waals surface area contributed by atoms with Gasteiger partial charge in [-0.1, -0.05) is 30.3 Å². The summed E-state index contributed by atoms with van der Waals surface area (Å²) in [6.45, 7) is 7.18. The second-order valence-corrected chi connectivity index (χ2v) is 8.41. The highest BCUT2D eigenvalue weighted by Crippen LogP contribution is 2.33. The van der Waals surface area contributed by atoms with Crippen LogP contribution in [0.5, 0.6) is 0 Å². The molecule has 2 fully saturated rings. The molecule has 1 aromatic carbocycles. The van der Waals surface area contributed by atoms with Gasteiger partial charge in [0.25, 0.3) is 0 Å². The van der Waals surface area contributed by atoms with E-state index in [1.165, 1.54) is 11.3 Å². The Hall–Kier alpha value is -2.40. The quantitative estimate of drug-likeness (QED) is 0.782. The Kier molecular flexibility index (Phi) is 6.14. The second kappa shape index (κ2) is 8.95. The molecule has 2 saturated heterocycles. The molecule has 0 bridgehead atoms. The van der Waals surface area contributed by atoms with Gasteiger partial charge in [-0.15, -0.1) is 0 Å². The molecule has 4 rings (SSSR count). The van der Waals surface area contributed by atoms with Gasteiger partial charge >= 0.3 is 0 Å². The average Bonchev–Trinajstić information content (AvgIpc) is 3.23. The largest absolute Gasteiger partial charge is 0.369 e. The molecule has 0 radical (unpaired) electrons. The Morgan fingerprint density at radius 3 is 2.59 bits per heavy atom. The number of hydrogen-bond donors (Lipinski definition) is 0. The lowest BCUT2D eigenvalue weighted by molar-refractivity contribution is -0.132. The van der Waals surface area contributed by atoms with Crippen LogP contribution in [0, 0.1) is 6.92 Å². The number of hydrogen-bond acceptors (Lipinski definition) is 4. The van der Waals surface area contributed by atoms with Crippen LogP contribution in [0.3, 0.4) is 0 Å². The molecule has 3 heterocycles. The fourth-order valence-electron chi connectivity index (χ4n) is 4.51. The van der Waals surface area contributed by atoms with E-state index in [4.69, 9.17) is 4.98 Å². The number of anilines is 1. The average molecular weight is 393 g/mol. The second-order valence-electron chi connectivity index (χ2n) is 8.41. The SMILES string of the molecule is Cc1cc(N2CCN(C)CC2)cc([C@@H]2CCCN2C(=O)CCc2ccccc2)n1. The van der Waals surface area contributed by atoms with E-state index in [9.17, 15) is 4.79 Å². The van der Waals surface area contributed by atoms with Crippen LogP contribution in [0.25, 0.3) is 0 Å². The van der Waals surface area contributed by atoms with Crippen molar-refractivity contribution in [2.24, 2.45) is 0 Å². The van der Waals surface area contributed by atoms with Gasteiger partial charge in [-0.05, 0) is 50.9 Å². The summed E-state index contributed by atoms with van der Waals surface area (Å²) in [5.74, 6) is 0.251. The van der Waals surface area contributed by atoms with Crippen LogP contribution < -0.4 is 4.90 Å². The van der Waals surface area contributed by atoms with Crippen molar-refractivity contribution < 1.29 is 4.79 Å². The van der Waals surface area contributed by atoms with Gasteiger partial charge in [-0.2, -0.15) is 0 Å². The summed E-state index contributed by atoms with van der Waals surface area (Å²) in [5.41, 5.74) is 4.58. The summed E-state index contributed by atoms with van der Waals surface area (Å²) < 4.78 is 0. The molecule has 2 aliphatic rings. The standard InChI is InChI=1S/C24H32N4O/c1-19-17-21(27-15-13-26(2)14-16-27)18-22(25-19)23-9-6-12-28(23)24(29)11-10-20-7-4-3-5-8-20/h3-5,7-8,17-18,23H,6,9-16H2,1-2H3/t23-/m0/s1. The number of aryl methyl sites for hydroxylation is 2. The van der Waals surface area contributed by atoms with E-state index >= 15 is 0 Å². The highest BCUT2D eigenvalue weighted by atomic mass is 16.2. The Morgan fingerprint density at radius 2 is 1.83 bits per heavy atom. The zero-order valence-corrected chi connectivity index (χ0v) is 17.7. The molecular formula is C24H32N4O. The van der Waals surface area contributed by atoms with Crippen LogP contribution in [-0.4, -0.2) is 60.5 Å². The number of benzene rings is 1. The summed E-state index contributed by atoms with van der Waals surface area (Å²) in [6, 6.07) is 14.8. The molecule has 0 N–H and O–H groups in total. The van der Waals surface area contributed by atoms with E-state index in [1.807, 2.05) is 18.2 Å². The van der Waals surface area contributed by atoms with Gasteiger partial charge in [-0.25, -0.2) is 0 Å². The molecule has 1 aromatic heterocycles. The van der Waals surface area contributed by atoms with Gasteiger partial charge in [0.05, 0.1) is 11.7 Å². The van der Waals surface area contributed by atoms with Gasteiger partial charge in [0.2, 0.25) is 5.91 Å². The van der Waals surface area contributed by atoms with E-state index in [-0.39, 0.29) is 11.9 Å². The van der Waals surface area contributed by atoms with E-state index in [0.29, 0.717) is 6.42 Å². The molecule has 0 aliphatic carbocycles. The predicted octanol–water partition coefficient (Wildman–Crippen LogP) is 3.44. The van der Waals surface area contributed by atoms with Crippen LogP contribution >= 0.6 is 0 Å². The maximum Gasteiger partial charge on any atom is 0.223 e. The number of aromatic nitrogens is 1. The van der Waals surface area contributed by atoms with Gasteiger partial charge in [-0.3, -0.25) is 9.78 Å². The first-order valence-corrected chi connectivity index (χ1v) is 10.9. The molecule has 154 valence electrons. The van der Waals surface area contributed by atoms with Crippen molar-refractivity contribution in [1.82, 2.24) is 14.8 Å². The zero-order valence-electron chi connectivity index (χ0n) is 17.7. The topological polar surface area (TPSA) is 39.7 Å². The summed E-state index contributed by atoms with van der Waals surface area (Å²) in [5, 5.41) is 0. The molecule has 0 unspecified atom stereocenters. The molecule has 1 amide bonds. The number of rotatable bonds is 5. The maximum absolute atomic E-state index is 13.0. The molecule has 5 nitrogen and oxygen atoms in total. The lowest BCUT2D eigenvalue weighted by atomic mass is 10.1. The predicted molar refractivity (Wildman–Crippen MR) is 117 cm³/mol. The zero-order chi connectivity index (χ0) is 20.2. The van der Waals surface area contributed by atoms with Crippen LogP contribution in [0.4, 0.5) is 5.69 Å². The number of nitrogens with zero attached hydrogens (tertiary/aromatic N) is 4. The van der Waals surface area contributed by atoms with Crippen molar-refractivity contribution in [1.29, 1.82) is 0 Å². The van der Waals surface area contributed by atoms with Crippen LogP contribution in [0.1, 0.15) is 42.3 Å². The smallest absolute Gasteiger partial charge is 0.223 e. The van der Waals surface area contributed by atoms with E-state index < -0.39 is 0 Å². The fraction of sp³-hybridized carbons (Fsp3) is 0.500. The van der Waals surface area contributed by atoms with Crippen molar-refractivity contribution in [2.45, 2.75) is 38.6 Å². The van der Waals surface area contributed by atoms with E-state index in [1.54, 1.807) is 0 Å². The molecule has 2 aliphatic heterocycles. The van der Waals surface area contributed by atoms with Crippen LogP contribution in [-0.2, 0) is 11.2 Å². The number of pyridine rings is 1. The van der Waals surface area contributed by atoms with E-state index in [0.717, 1.165) is 63.4 Å². The molecular weight excluding hydrogens is 360 g/mol. The number of likely N-dealkylation sites (tertiary alicyclic amines) is 1. The number of piperazine rings is 1. The monoisotopic (exact) mass is 392 g/mol. The maximum atomic E-state index is 13.0. The number of likely N-dealkylation sites (N-methyl/N-ethyl adjacent to an activating group) is 1. The molecule has 2 aromatic rings. The summed E-state index contributed by atoms with van der Waals surface area (Å²) >= 11 is 0. The van der Waals surface area contributed by atoms with Crippen molar-refractivity contribution >= 4 is 11.6 Å². The Morgan fingerprint density at radius 1 is 1.07 bits per heavy atom. The van der Waals surface area contributed by atoms with Crippen molar-refractivity contribution in [3.8, 4) is 0 Å². The first-order valence-electron chi connectivity index (χ1n) is 10.9. The molecule has 1 atom stereocenters. The normalized spacial score (nSPS) is 20.3. The molecule has 29 heavy (non-hydrogen) atoms. The highest BCUT2D eigenvalue weighted by Gasteiger charge is 2.31. The lowest BCUT2D eigenvalue weighted by Gasteiger charge is -2.34. The third kappa shape index (κ3) is 4.78. The number of carbonyl (C=O) groups is 1. The molecule has 5 heteroatoms. The highest BCUT2D eigenvalue weighted by molar-refractivity contribution is 5.77. The summed E-state index contributed by atoms with van der Waals surface area (Å²) in [7, 11) is 2.18. The lowest BCUT2D eigenvalue weighted by Crippen LogP contribution is -2.44. The van der Waals surface area contributed by atoms with Crippen molar-refractivity contribution in [2.75, 3.05) is 44.7 Å². The first-order chi connectivity index (χ1) is 14.1. The summed E-state index contributed by atoms with van der Waals surface area (Å²) in [6.07, 6.45) is 3.44. The van der Waals surface area contributed by atoms with Gasteiger partial charge < -0.3 is 14.7 Å². The van der Waals surface area contributed by atoms with E-state index in [2.05, 4.69) is 52.9 Å². The Balaban J connectivity index is 1.47. The Bertz CT molecular complexity index is 830. The molecule has 0 spiro atoms. The van der Waals surface area contributed by atoms with Gasteiger partial charge in [0.15, 0.2) is 0 Å². The van der Waals surface area contributed by atoms with Crippen molar-refractivity contribution in [3.63, 3.8) is 0 Å². The number of amides is 1. The van der Waals surface area contributed by atoms with Crippen LogP contribution in [0.15, 0.2) is 42.5 Å². The summed E-state index contributed by atoms with van der Waals surface area (Å²) in [4.78, 5) is 24.7. The Labute approximate surface area is 174 Å². The number of carbonyl (C=O) groups excluding carboxylic acids is 1. The van der Waals surface area contributed by atoms with Crippen LogP contribution in [0.2, 0.25) is 0 Å². The minimum atomic E-state index is 0.115. The van der Waals surface area contributed by atoms with Gasteiger partial charge in [0.1, 0.15) is 0 Å². The third-order valence-corrected chi connectivity index (χ3v) is 6.21. The minimum absolute atomic E-state index is 0.115.